The van der Waals surface area contributed by atoms with Crippen LogP contribution in [0.15, 0.2) is 11.6 Å². The van der Waals surface area contributed by atoms with Crippen LogP contribution >= 0.6 is 11.6 Å². The summed E-state index contributed by atoms with van der Waals surface area (Å²) in [5, 5.41) is 0.705. The summed E-state index contributed by atoms with van der Waals surface area (Å²) in [5.41, 5.74) is 0. The van der Waals surface area contributed by atoms with Crippen molar-refractivity contribution in [2.45, 2.75) is 26.0 Å². The van der Waals surface area contributed by atoms with E-state index in [-0.39, 0.29) is 0 Å². The molecule has 0 saturated carbocycles. The number of ether oxygens (including phenoxy) is 1. The summed E-state index contributed by atoms with van der Waals surface area (Å²) in [4.78, 5) is 2.30. The second-order valence-corrected chi connectivity index (χ2v) is 3.97. The van der Waals surface area contributed by atoms with Crippen molar-refractivity contribution >= 4 is 11.6 Å². The Bertz CT molecular complexity index is 172. The quantitative estimate of drug-likeness (QED) is 0.658. The topological polar surface area (TPSA) is 12.5 Å². The Morgan fingerprint density at radius 3 is 2.92 bits per heavy atom. The molecule has 12 heavy (non-hydrogen) atoms. The maximum atomic E-state index is 5.75. The van der Waals surface area contributed by atoms with Crippen LogP contribution in [0.2, 0.25) is 0 Å². The maximum Gasteiger partial charge on any atom is 0.0674 e. The second kappa shape index (κ2) is 4.26. The molecule has 0 N–H and O–H groups in total. The lowest BCUT2D eigenvalue weighted by atomic mass is 10.2. The third-order valence-electron chi connectivity index (χ3n) is 2.11. The van der Waals surface area contributed by atoms with Crippen LogP contribution in [0, 0.1) is 0 Å². The fourth-order valence-corrected chi connectivity index (χ4v) is 1.57. The first-order valence-electron chi connectivity index (χ1n) is 4.28. The first-order valence-corrected chi connectivity index (χ1v) is 4.66. The van der Waals surface area contributed by atoms with Crippen molar-refractivity contribution in [3.63, 3.8) is 0 Å². The van der Waals surface area contributed by atoms with Gasteiger partial charge < -0.3 is 4.74 Å². The van der Waals surface area contributed by atoms with Gasteiger partial charge in [-0.25, -0.2) is 0 Å². The van der Waals surface area contributed by atoms with Gasteiger partial charge in [-0.15, -0.1) is 0 Å². The van der Waals surface area contributed by atoms with Crippen LogP contribution in [-0.2, 0) is 4.74 Å². The van der Waals surface area contributed by atoms with Gasteiger partial charge >= 0.3 is 0 Å². The molecule has 0 spiro atoms. The van der Waals surface area contributed by atoms with Gasteiger partial charge in [0.15, 0.2) is 0 Å². The van der Waals surface area contributed by atoms with Crippen LogP contribution < -0.4 is 0 Å². The summed E-state index contributed by atoms with van der Waals surface area (Å²) in [7, 11) is 0. The van der Waals surface area contributed by atoms with E-state index in [0.29, 0.717) is 17.2 Å². The molecule has 1 fully saturated rings. The van der Waals surface area contributed by atoms with E-state index in [1.54, 1.807) is 0 Å². The van der Waals surface area contributed by atoms with Crippen LogP contribution in [0.5, 0.6) is 0 Å². The lowest BCUT2D eigenvalue weighted by Gasteiger charge is -2.36. The number of rotatable bonds is 2. The minimum Gasteiger partial charge on any atom is -0.376 e. The zero-order valence-electron chi connectivity index (χ0n) is 7.72. The molecular formula is C9H16ClNO. The van der Waals surface area contributed by atoms with Crippen molar-refractivity contribution in [1.82, 2.24) is 4.90 Å². The number of nitrogens with zero attached hydrogens (tertiary/aromatic N) is 1. The van der Waals surface area contributed by atoms with Gasteiger partial charge in [-0.1, -0.05) is 18.2 Å². The Labute approximate surface area is 79.1 Å². The number of halogens is 1. The van der Waals surface area contributed by atoms with Crippen molar-refractivity contribution in [3.05, 3.63) is 11.6 Å². The van der Waals surface area contributed by atoms with E-state index in [0.717, 1.165) is 19.7 Å². The molecule has 1 aliphatic rings. The number of hydrogen-bond donors (Lipinski definition) is 0. The van der Waals surface area contributed by atoms with E-state index in [4.69, 9.17) is 16.3 Å². The molecule has 2 unspecified atom stereocenters. The SMILES string of the molecule is C=C(Cl)CN1CC(C)OCC1C. The van der Waals surface area contributed by atoms with Gasteiger partial charge in [0.25, 0.3) is 0 Å². The fraction of sp³-hybridized carbons (Fsp3) is 0.778. The van der Waals surface area contributed by atoms with Gasteiger partial charge in [-0.2, -0.15) is 0 Å². The van der Waals surface area contributed by atoms with Gasteiger partial charge in [0.05, 0.1) is 12.7 Å². The normalized spacial score (nSPS) is 31.9. The van der Waals surface area contributed by atoms with Gasteiger partial charge in [0.1, 0.15) is 0 Å². The minimum atomic E-state index is 0.317. The van der Waals surface area contributed by atoms with E-state index in [9.17, 15) is 0 Å². The lowest BCUT2D eigenvalue weighted by molar-refractivity contribution is -0.0451. The summed E-state index contributed by atoms with van der Waals surface area (Å²) in [6, 6.07) is 0.455. The van der Waals surface area contributed by atoms with Crippen molar-refractivity contribution < 1.29 is 4.74 Å². The molecule has 0 aromatic carbocycles. The highest BCUT2D eigenvalue weighted by Gasteiger charge is 2.22. The summed E-state index contributed by atoms with van der Waals surface area (Å²) in [6.07, 6.45) is 0.317. The third-order valence-corrected chi connectivity index (χ3v) is 2.23. The van der Waals surface area contributed by atoms with Crippen LogP contribution in [0.3, 0.4) is 0 Å². The Hall–Kier alpha value is -0.0500. The summed E-state index contributed by atoms with van der Waals surface area (Å²) in [5.74, 6) is 0. The Balaban J connectivity index is 2.43. The molecule has 0 amide bonds. The molecule has 1 rings (SSSR count). The standard InChI is InChI=1S/C9H16ClNO/c1-7(10)4-11-5-9(3)12-6-8(11)2/h8-9H,1,4-6H2,2-3H3. The largest absolute Gasteiger partial charge is 0.376 e. The molecule has 0 radical (unpaired) electrons. The highest BCUT2D eigenvalue weighted by Crippen LogP contribution is 2.13. The van der Waals surface area contributed by atoms with Gasteiger partial charge in [-0.3, -0.25) is 4.90 Å². The summed E-state index contributed by atoms with van der Waals surface area (Å²) < 4.78 is 5.49. The van der Waals surface area contributed by atoms with Crippen LogP contribution in [0.1, 0.15) is 13.8 Å². The third kappa shape index (κ3) is 2.77. The lowest BCUT2D eigenvalue weighted by Crippen LogP contribution is -2.47. The first-order chi connectivity index (χ1) is 5.59. The molecule has 3 heteroatoms. The molecule has 0 aromatic heterocycles. The maximum absolute atomic E-state index is 5.75. The Morgan fingerprint density at radius 2 is 2.33 bits per heavy atom. The zero-order valence-corrected chi connectivity index (χ0v) is 8.47. The molecule has 0 aromatic rings. The van der Waals surface area contributed by atoms with Gasteiger partial charge in [0.2, 0.25) is 0 Å². The molecule has 70 valence electrons. The smallest absolute Gasteiger partial charge is 0.0674 e. The Morgan fingerprint density at radius 1 is 1.67 bits per heavy atom. The van der Waals surface area contributed by atoms with Crippen molar-refractivity contribution in [2.75, 3.05) is 19.7 Å². The summed E-state index contributed by atoms with van der Waals surface area (Å²) >= 11 is 5.75. The van der Waals surface area contributed by atoms with E-state index >= 15 is 0 Å². The molecule has 2 atom stereocenters. The van der Waals surface area contributed by atoms with Crippen molar-refractivity contribution in [3.8, 4) is 0 Å². The van der Waals surface area contributed by atoms with Crippen LogP contribution in [0.25, 0.3) is 0 Å². The highest BCUT2D eigenvalue weighted by atomic mass is 35.5. The molecule has 2 nitrogen and oxygen atoms in total. The van der Waals surface area contributed by atoms with E-state index < -0.39 is 0 Å². The molecule has 0 bridgehead atoms. The van der Waals surface area contributed by atoms with Gasteiger partial charge in [-0.05, 0) is 13.8 Å². The van der Waals surface area contributed by atoms with Crippen molar-refractivity contribution in [1.29, 1.82) is 0 Å². The molecule has 0 aliphatic carbocycles. The predicted octanol–water partition coefficient (Wildman–Crippen LogP) is 1.85. The number of hydrogen-bond acceptors (Lipinski definition) is 2. The Kier molecular flexibility index (Phi) is 3.56. The average Bonchev–Trinajstić information content (AvgIpc) is 1.96. The highest BCUT2D eigenvalue weighted by molar-refractivity contribution is 6.29. The molecule has 1 heterocycles. The van der Waals surface area contributed by atoms with Gasteiger partial charge in [0, 0.05) is 24.2 Å². The molecule has 1 saturated heterocycles. The number of morpholine rings is 1. The summed E-state index contributed by atoms with van der Waals surface area (Å²) in [6.45, 7) is 10.4. The molecular weight excluding hydrogens is 174 g/mol. The monoisotopic (exact) mass is 189 g/mol. The van der Waals surface area contributed by atoms with Crippen LogP contribution in [-0.4, -0.2) is 36.7 Å². The minimum absolute atomic E-state index is 0.317. The second-order valence-electron chi connectivity index (χ2n) is 3.44. The predicted molar refractivity (Wildman–Crippen MR) is 51.4 cm³/mol. The molecule has 1 aliphatic heterocycles. The first kappa shape index (κ1) is 10.0. The van der Waals surface area contributed by atoms with E-state index in [2.05, 4.69) is 25.3 Å². The average molecular weight is 190 g/mol. The fourth-order valence-electron chi connectivity index (χ4n) is 1.41. The van der Waals surface area contributed by atoms with Crippen LogP contribution in [0.4, 0.5) is 0 Å². The van der Waals surface area contributed by atoms with E-state index in [1.807, 2.05) is 0 Å². The van der Waals surface area contributed by atoms with Crippen molar-refractivity contribution in [2.24, 2.45) is 0 Å². The van der Waals surface area contributed by atoms with E-state index in [1.165, 1.54) is 0 Å². The zero-order chi connectivity index (χ0) is 9.14.